The summed E-state index contributed by atoms with van der Waals surface area (Å²) in [6.45, 7) is 4.03. The third kappa shape index (κ3) is 3.04. The van der Waals surface area contributed by atoms with Gasteiger partial charge in [-0.2, -0.15) is 4.31 Å². The molecular formula is C10H17NO3S2. The summed E-state index contributed by atoms with van der Waals surface area (Å²) in [4.78, 5) is 0. The first kappa shape index (κ1) is 13.6. The Kier molecular flexibility index (Phi) is 4.91. The average molecular weight is 263 g/mol. The van der Waals surface area contributed by atoms with Crippen molar-refractivity contribution in [1.29, 1.82) is 0 Å². The van der Waals surface area contributed by atoms with Crippen LogP contribution in [0.3, 0.4) is 0 Å². The van der Waals surface area contributed by atoms with E-state index in [0.717, 1.165) is 0 Å². The Balaban J connectivity index is 2.94. The standard InChI is InChI=1S/C10H17NO3S2/c1-9(2)11(6-4-7-12)16(13,14)10-5-3-8-15-10/h3,5,8-9,12H,4,6-7H2,1-2H3. The van der Waals surface area contributed by atoms with Crippen molar-refractivity contribution in [3.05, 3.63) is 17.5 Å². The number of hydrogen-bond donors (Lipinski definition) is 1. The normalized spacial score (nSPS) is 12.6. The molecule has 1 rings (SSSR count). The van der Waals surface area contributed by atoms with E-state index in [9.17, 15) is 8.42 Å². The fraction of sp³-hybridized carbons (Fsp3) is 0.600. The number of hydrogen-bond acceptors (Lipinski definition) is 4. The topological polar surface area (TPSA) is 57.6 Å². The number of aliphatic hydroxyl groups is 1. The summed E-state index contributed by atoms with van der Waals surface area (Å²) in [5.41, 5.74) is 0. The molecule has 0 radical (unpaired) electrons. The summed E-state index contributed by atoms with van der Waals surface area (Å²) >= 11 is 1.22. The summed E-state index contributed by atoms with van der Waals surface area (Å²) < 4.78 is 26.2. The van der Waals surface area contributed by atoms with Crippen LogP contribution in [0.5, 0.6) is 0 Å². The van der Waals surface area contributed by atoms with E-state index in [1.807, 2.05) is 13.8 Å². The monoisotopic (exact) mass is 263 g/mol. The van der Waals surface area contributed by atoms with Crippen LogP contribution in [-0.2, 0) is 10.0 Å². The summed E-state index contributed by atoms with van der Waals surface area (Å²) in [5.74, 6) is 0. The van der Waals surface area contributed by atoms with Gasteiger partial charge in [0.15, 0.2) is 0 Å². The van der Waals surface area contributed by atoms with Crippen molar-refractivity contribution in [2.45, 2.75) is 30.5 Å². The van der Waals surface area contributed by atoms with Crippen LogP contribution < -0.4 is 0 Å². The zero-order chi connectivity index (χ0) is 12.2. The third-order valence-corrected chi connectivity index (χ3v) is 5.62. The Morgan fingerprint density at radius 1 is 1.50 bits per heavy atom. The summed E-state index contributed by atoms with van der Waals surface area (Å²) in [5, 5.41) is 10.5. The number of rotatable bonds is 6. The molecule has 0 aromatic carbocycles. The van der Waals surface area contributed by atoms with Crippen molar-refractivity contribution < 1.29 is 13.5 Å². The molecule has 0 saturated heterocycles. The molecule has 4 nitrogen and oxygen atoms in total. The molecule has 1 N–H and O–H groups in total. The van der Waals surface area contributed by atoms with E-state index < -0.39 is 10.0 Å². The van der Waals surface area contributed by atoms with Gasteiger partial charge in [-0.3, -0.25) is 0 Å². The fourth-order valence-corrected chi connectivity index (χ4v) is 4.20. The summed E-state index contributed by atoms with van der Waals surface area (Å²) in [6.07, 6.45) is 0.461. The average Bonchev–Trinajstić information content (AvgIpc) is 2.70. The summed E-state index contributed by atoms with van der Waals surface area (Å²) in [6, 6.07) is 3.23. The second-order valence-corrected chi connectivity index (χ2v) is 6.78. The maximum Gasteiger partial charge on any atom is 0.252 e. The predicted octanol–water partition coefficient (Wildman–Crippen LogP) is 1.53. The molecule has 1 aromatic heterocycles. The van der Waals surface area contributed by atoms with E-state index in [0.29, 0.717) is 17.2 Å². The molecule has 6 heteroatoms. The van der Waals surface area contributed by atoms with Crippen LogP contribution in [0.1, 0.15) is 20.3 Å². The van der Waals surface area contributed by atoms with Crippen LogP contribution in [0.4, 0.5) is 0 Å². The van der Waals surface area contributed by atoms with Crippen molar-refractivity contribution in [3.63, 3.8) is 0 Å². The zero-order valence-electron chi connectivity index (χ0n) is 9.46. The van der Waals surface area contributed by atoms with Crippen LogP contribution in [0.25, 0.3) is 0 Å². The van der Waals surface area contributed by atoms with Crippen LogP contribution >= 0.6 is 11.3 Å². The van der Waals surface area contributed by atoms with Crippen LogP contribution in [-0.4, -0.2) is 37.0 Å². The molecule has 0 unspecified atom stereocenters. The molecular weight excluding hydrogens is 246 g/mol. The minimum absolute atomic E-state index is 0.00316. The lowest BCUT2D eigenvalue weighted by molar-refractivity contribution is 0.258. The van der Waals surface area contributed by atoms with Crippen LogP contribution in [0.2, 0.25) is 0 Å². The maximum absolute atomic E-state index is 12.2. The van der Waals surface area contributed by atoms with Gasteiger partial charge < -0.3 is 5.11 Å². The van der Waals surface area contributed by atoms with Crippen molar-refractivity contribution in [2.75, 3.05) is 13.2 Å². The largest absolute Gasteiger partial charge is 0.396 e. The van der Waals surface area contributed by atoms with Crippen LogP contribution in [0, 0.1) is 0 Å². The van der Waals surface area contributed by atoms with Gasteiger partial charge in [0, 0.05) is 19.2 Å². The highest BCUT2D eigenvalue weighted by atomic mass is 32.2. The summed E-state index contributed by atoms with van der Waals surface area (Å²) in [7, 11) is -3.39. The molecule has 0 fully saturated rings. The molecule has 1 aromatic rings. The second-order valence-electron chi connectivity index (χ2n) is 3.72. The number of thiophene rings is 1. The van der Waals surface area contributed by atoms with E-state index in [2.05, 4.69) is 0 Å². The van der Waals surface area contributed by atoms with E-state index in [4.69, 9.17) is 5.11 Å². The van der Waals surface area contributed by atoms with Gasteiger partial charge >= 0.3 is 0 Å². The van der Waals surface area contributed by atoms with Gasteiger partial charge in [-0.15, -0.1) is 11.3 Å². The van der Waals surface area contributed by atoms with Gasteiger partial charge in [0.1, 0.15) is 4.21 Å². The second kappa shape index (κ2) is 5.77. The SMILES string of the molecule is CC(C)N(CCCO)S(=O)(=O)c1cccs1. The molecule has 0 aliphatic carbocycles. The Hall–Kier alpha value is -0.430. The van der Waals surface area contributed by atoms with E-state index in [1.54, 1.807) is 17.5 Å². The molecule has 0 saturated carbocycles. The van der Waals surface area contributed by atoms with E-state index in [1.165, 1.54) is 15.6 Å². The highest BCUT2D eigenvalue weighted by Gasteiger charge is 2.27. The molecule has 0 aliphatic heterocycles. The molecule has 0 bridgehead atoms. The van der Waals surface area contributed by atoms with E-state index >= 15 is 0 Å². The minimum atomic E-state index is -3.39. The smallest absolute Gasteiger partial charge is 0.252 e. The van der Waals surface area contributed by atoms with Gasteiger partial charge in [-0.05, 0) is 31.7 Å². The Bertz CT molecular complexity index is 398. The minimum Gasteiger partial charge on any atom is -0.396 e. The van der Waals surface area contributed by atoms with Gasteiger partial charge in [-0.1, -0.05) is 6.07 Å². The number of aliphatic hydroxyl groups excluding tert-OH is 1. The molecule has 0 aliphatic rings. The highest BCUT2D eigenvalue weighted by Crippen LogP contribution is 2.22. The number of sulfonamides is 1. The van der Waals surface area contributed by atoms with Gasteiger partial charge in [-0.25, -0.2) is 8.42 Å². The van der Waals surface area contributed by atoms with Gasteiger partial charge in [0.2, 0.25) is 0 Å². The van der Waals surface area contributed by atoms with Crippen molar-refractivity contribution in [3.8, 4) is 0 Å². The third-order valence-electron chi connectivity index (χ3n) is 2.17. The Labute approximate surface area is 101 Å². The van der Waals surface area contributed by atoms with Gasteiger partial charge in [0.05, 0.1) is 0 Å². The lowest BCUT2D eigenvalue weighted by Crippen LogP contribution is -2.37. The lowest BCUT2D eigenvalue weighted by atomic mass is 10.3. The van der Waals surface area contributed by atoms with E-state index in [-0.39, 0.29) is 12.6 Å². The first-order chi connectivity index (χ1) is 7.50. The molecule has 0 amide bonds. The predicted molar refractivity (Wildman–Crippen MR) is 65.0 cm³/mol. The molecule has 1 heterocycles. The maximum atomic E-state index is 12.2. The van der Waals surface area contributed by atoms with Gasteiger partial charge in [0.25, 0.3) is 10.0 Å². The molecule has 16 heavy (non-hydrogen) atoms. The first-order valence-electron chi connectivity index (χ1n) is 5.16. The van der Waals surface area contributed by atoms with Crippen molar-refractivity contribution >= 4 is 21.4 Å². The van der Waals surface area contributed by atoms with Crippen molar-refractivity contribution in [2.24, 2.45) is 0 Å². The molecule has 92 valence electrons. The van der Waals surface area contributed by atoms with Crippen LogP contribution in [0.15, 0.2) is 21.7 Å². The fourth-order valence-electron chi connectivity index (χ4n) is 1.41. The Morgan fingerprint density at radius 3 is 2.62 bits per heavy atom. The Morgan fingerprint density at radius 2 is 2.19 bits per heavy atom. The quantitative estimate of drug-likeness (QED) is 0.847. The zero-order valence-corrected chi connectivity index (χ0v) is 11.1. The number of nitrogens with zero attached hydrogens (tertiary/aromatic N) is 1. The molecule has 0 spiro atoms. The highest BCUT2D eigenvalue weighted by molar-refractivity contribution is 7.91. The lowest BCUT2D eigenvalue weighted by Gasteiger charge is -2.24. The first-order valence-corrected chi connectivity index (χ1v) is 7.48. The molecule has 0 atom stereocenters. The van der Waals surface area contributed by atoms with Crippen molar-refractivity contribution in [1.82, 2.24) is 4.31 Å².